The number of non-ortho nitro benzene ring substituents is 1. The van der Waals surface area contributed by atoms with E-state index in [0.717, 1.165) is 15.4 Å². The second-order valence-corrected chi connectivity index (χ2v) is 6.08. The largest absolute Gasteiger partial charge is 0.313 e. The first-order valence-electron chi connectivity index (χ1n) is 6.40. The average molecular weight is 323 g/mol. The minimum absolute atomic E-state index is 0.0867. The van der Waals surface area contributed by atoms with Gasteiger partial charge in [0.1, 0.15) is 0 Å². The maximum atomic E-state index is 10.6. The van der Waals surface area contributed by atoms with Crippen LogP contribution >= 0.6 is 23.4 Å². The standard InChI is InChI=1S/C15H15ClN2O2S/c1-10(17-2)11-3-8-15(14(16)9-11)21-13-6-4-12(5-7-13)18(19)20/h3-10,17H,1-2H3. The van der Waals surface area contributed by atoms with E-state index in [9.17, 15) is 10.1 Å². The maximum absolute atomic E-state index is 10.6. The molecule has 0 aliphatic heterocycles. The number of benzene rings is 2. The molecule has 1 atom stereocenters. The van der Waals surface area contributed by atoms with Crippen LogP contribution in [0.1, 0.15) is 18.5 Å². The van der Waals surface area contributed by atoms with Crippen LogP contribution in [-0.2, 0) is 0 Å². The van der Waals surface area contributed by atoms with Crippen molar-refractivity contribution in [2.24, 2.45) is 0 Å². The van der Waals surface area contributed by atoms with Crippen molar-refractivity contribution in [1.29, 1.82) is 0 Å². The number of hydrogen-bond donors (Lipinski definition) is 1. The summed E-state index contributed by atoms with van der Waals surface area (Å²) in [4.78, 5) is 12.1. The third-order valence-electron chi connectivity index (χ3n) is 3.16. The molecular formula is C15H15ClN2O2S. The molecule has 110 valence electrons. The van der Waals surface area contributed by atoms with Crippen molar-refractivity contribution in [3.8, 4) is 0 Å². The molecule has 0 saturated carbocycles. The Morgan fingerprint density at radius 2 is 1.90 bits per heavy atom. The Morgan fingerprint density at radius 3 is 2.43 bits per heavy atom. The normalized spacial score (nSPS) is 12.1. The SMILES string of the molecule is CNC(C)c1ccc(Sc2ccc([N+](=O)[O-])cc2)c(Cl)c1. The number of nitro benzene ring substituents is 1. The van der Waals surface area contributed by atoms with E-state index in [-0.39, 0.29) is 11.7 Å². The molecule has 0 aliphatic carbocycles. The summed E-state index contributed by atoms with van der Waals surface area (Å²) >= 11 is 7.79. The maximum Gasteiger partial charge on any atom is 0.269 e. The molecule has 1 N–H and O–H groups in total. The molecule has 21 heavy (non-hydrogen) atoms. The van der Waals surface area contributed by atoms with Crippen molar-refractivity contribution >= 4 is 29.1 Å². The molecule has 1 unspecified atom stereocenters. The van der Waals surface area contributed by atoms with Gasteiger partial charge >= 0.3 is 0 Å². The average Bonchev–Trinajstić information content (AvgIpc) is 2.49. The lowest BCUT2D eigenvalue weighted by Gasteiger charge is -2.12. The third kappa shape index (κ3) is 3.97. The van der Waals surface area contributed by atoms with Gasteiger partial charge in [-0.2, -0.15) is 0 Å². The van der Waals surface area contributed by atoms with E-state index in [0.29, 0.717) is 5.02 Å². The van der Waals surface area contributed by atoms with Gasteiger partial charge in [0.15, 0.2) is 0 Å². The molecule has 0 spiro atoms. The molecule has 0 aromatic heterocycles. The minimum atomic E-state index is -0.407. The molecule has 6 heteroatoms. The van der Waals surface area contributed by atoms with Crippen LogP contribution in [0.3, 0.4) is 0 Å². The smallest absolute Gasteiger partial charge is 0.269 e. The van der Waals surface area contributed by atoms with Gasteiger partial charge in [-0.05, 0) is 43.8 Å². The zero-order chi connectivity index (χ0) is 15.4. The predicted octanol–water partition coefficient (Wildman–Crippen LogP) is 4.68. The Morgan fingerprint density at radius 1 is 1.24 bits per heavy atom. The van der Waals surface area contributed by atoms with Crippen LogP contribution in [0.25, 0.3) is 0 Å². The van der Waals surface area contributed by atoms with Crippen molar-refractivity contribution in [1.82, 2.24) is 5.32 Å². The van der Waals surface area contributed by atoms with Crippen molar-refractivity contribution < 1.29 is 4.92 Å². The van der Waals surface area contributed by atoms with E-state index in [1.165, 1.54) is 23.9 Å². The Kier molecular flexibility index (Phi) is 5.22. The van der Waals surface area contributed by atoms with Crippen LogP contribution in [0, 0.1) is 10.1 Å². The predicted molar refractivity (Wildman–Crippen MR) is 86.1 cm³/mol. The highest BCUT2D eigenvalue weighted by molar-refractivity contribution is 7.99. The van der Waals surface area contributed by atoms with Gasteiger partial charge in [0.2, 0.25) is 0 Å². The van der Waals surface area contributed by atoms with Gasteiger partial charge in [0.05, 0.1) is 9.95 Å². The van der Waals surface area contributed by atoms with E-state index in [2.05, 4.69) is 12.2 Å². The Bertz CT molecular complexity index is 647. The fourth-order valence-corrected chi connectivity index (χ4v) is 2.92. The van der Waals surface area contributed by atoms with Gasteiger partial charge in [-0.1, -0.05) is 29.4 Å². The van der Waals surface area contributed by atoms with Crippen LogP contribution < -0.4 is 5.32 Å². The van der Waals surface area contributed by atoms with E-state index >= 15 is 0 Å². The quantitative estimate of drug-likeness (QED) is 0.641. The van der Waals surface area contributed by atoms with Gasteiger partial charge in [0, 0.05) is 28.0 Å². The van der Waals surface area contributed by atoms with Crippen molar-refractivity contribution in [3.05, 3.63) is 63.2 Å². The van der Waals surface area contributed by atoms with Gasteiger partial charge in [-0.15, -0.1) is 0 Å². The summed E-state index contributed by atoms with van der Waals surface area (Å²) in [6.07, 6.45) is 0. The van der Waals surface area contributed by atoms with Crippen molar-refractivity contribution in [3.63, 3.8) is 0 Å². The first kappa shape index (κ1) is 15.8. The topological polar surface area (TPSA) is 55.2 Å². The summed E-state index contributed by atoms with van der Waals surface area (Å²) < 4.78 is 0. The molecule has 0 saturated heterocycles. The Labute approximate surface area is 132 Å². The molecule has 0 fully saturated rings. The molecule has 2 rings (SSSR count). The van der Waals surface area contributed by atoms with Gasteiger partial charge in [0.25, 0.3) is 5.69 Å². The van der Waals surface area contributed by atoms with Crippen LogP contribution in [0.15, 0.2) is 52.3 Å². The second-order valence-electron chi connectivity index (χ2n) is 4.55. The molecule has 0 aliphatic rings. The number of nitrogens with zero attached hydrogens (tertiary/aromatic N) is 1. The molecule has 2 aromatic carbocycles. The number of halogens is 1. The zero-order valence-corrected chi connectivity index (χ0v) is 13.2. The second kappa shape index (κ2) is 6.93. The highest BCUT2D eigenvalue weighted by Crippen LogP contribution is 2.35. The lowest BCUT2D eigenvalue weighted by Crippen LogP contribution is -2.12. The van der Waals surface area contributed by atoms with Crippen molar-refractivity contribution in [2.45, 2.75) is 22.8 Å². The highest BCUT2D eigenvalue weighted by Gasteiger charge is 2.09. The lowest BCUT2D eigenvalue weighted by atomic mass is 10.1. The molecule has 0 radical (unpaired) electrons. The summed E-state index contributed by atoms with van der Waals surface area (Å²) in [5, 5.41) is 14.5. The van der Waals surface area contributed by atoms with E-state index in [1.54, 1.807) is 12.1 Å². The number of nitro groups is 1. The monoisotopic (exact) mass is 322 g/mol. The number of nitrogens with one attached hydrogen (secondary N) is 1. The summed E-state index contributed by atoms with van der Waals surface area (Å²) in [6.45, 7) is 2.06. The molecular weight excluding hydrogens is 308 g/mol. The summed E-state index contributed by atoms with van der Waals surface area (Å²) in [5.74, 6) is 0. The van der Waals surface area contributed by atoms with Crippen molar-refractivity contribution in [2.75, 3.05) is 7.05 Å². The summed E-state index contributed by atoms with van der Waals surface area (Å²) in [7, 11) is 1.90. The molecule has 4 nitrogen and oxygen atoms in total. The van der Waals surface area contributed by atoms with E-state index in [1.807, 2.05) is 25.2 Å². The fraction of sp³-hybridized carbons (Fsp3) is 0.200. The summed E-state index contributed by atoms with van der Waals surface area (Å²) in [6, 6.07) is 12.6. The molecule has 0 bridgehead atoms. The van der Waals surface area contributed by atoms with E-state index in [4.69, 9.17) is 11.6 Å². The summed E-state index contributed by atoms with van der Waals surface area (Å²) in [5.41, 5.74) is 1.21. The Balaban J connectivity index is 2.17. The molecule has 0 amide bonds. The highest BCUT2D eigenvalue weighted by atomic mass is 35.5. The van der Waals surface area contributed by atoms with Crippen LogP contribution in [0.5, 0.6) is 0 Å². The number of hydrogen-bond acceptors (Lipinski definition) is 4. The van der Waals surface area contributed by atoms with E-state index < -0.39 is 4.92 Å². The van der Waals surface area contributed by atoms with Gasteiger partial charge in [-0.3, -0.25) is 10.1 Å². The fourth-order valence-electron chi connectivity index (χ4n) is 1.80. The minimum Gasteiger partial charge on any atom is -0.313 e. The van der Waals surface area contributed by atoms with Crippen LogP contribution in [0.2, 0.25) is 5.02 Å². The first-order chi connectivity index (χ1) is 10.0. The first-order valence-corrected chi connectivity index (χ1v) is 7.59. The van der Waals surface area contributed by atoms with Crippen LogP contribution in [-0.4, -0.2) is 12.0 Å². The molecule has 0 heterocycles. The number of rotatable bonds is 5. The van der Waals surface area contributed by atoms with Gasteiger partial charge in [-0.25, -0.2) is 0 Å². The lowest BCUT2D eigenvalue weighted by molar-refractivity contribution is -0.384. The Hall–Kier alpha value is -1.56. The van der Waals surface area contributed by atoms with Crippen LogP contribution in [0.4, 0.5) is 5.69 Å². The zero-order valence-electron chi connectivity index (χ0n) is 11.7. The van der Waals surface area contributed by atoms with Gasteiger partial charge < -0.3 is 5.32 Å². The third-order valence-corrected chi connectivity index (χ3v) is 4.67. The molecule has 2 aromatic rings.